The SMILES string of the molecule is C=Cc1ccc(OC2CCC(Oc3ccccc3S(=O)(=O)[O-])CC2)cc1. The molecule has 5 nitrogen and oxygen atoms in total. The van der Waals surface area contributed by atoms with Crippen molar-refractivity contribution < 1.29 is 22.4 Å². The van der Waals surface area contributed by atoms with E-state index in [1.807, 2.05) is 24.3 Å². The van der Waals surface area contributed by atoms with Crippen LogP contribution in [0.25, 0.3) is 6.08 Å². The highest BCUT2D eigenvalue weighted by molar-refractivity contribution is 7.85. The standard InChI is InChI=1S/C20H22O5S/c1-2-15-7-9-16(10-8-15)24-17-11-13-18(14-12-17)25-19-5-3-4-6-20(19)26(21,22)23/h2-10,17-18H,1,11-14H2,(H,21,22,23)/p-1. The molecule has 0 aromatic heterocycles. The van der Waals surface area contributed by atoms with Gasteiger partial charge in [0.15, 0.2) is 0 Å². The highest BCUT2D eigenvalue weighted by Crippen LogP contribution is 2.30. The van der Waals surface area contributed by atoms with Crippen LogP contribution >= 0.6 is 0 Å². The number of para-hydroxylation sites is 1. The first kappa shape index (κ1) is 18.5. The molecule has 6 heteroatoms. The molecule has 0 bridgehead atoms. The van der Waals surface area contributed by atoms with Crippen LogP contribution in [0.5, 0.6) is 11.5 Å². The van der Waals surface area contributed by atoms with Crippen LogP contribution in [-0.4, -0.2) is 25.2 Å². The van der Waals surface area contributed by atoms with Gasteiger partial charge in [-0.25, -0.2) is 8.42 Å². The molecular weight excluding hydrogens is 352 g/mol. The first-order valence-electron chi connectivity index (χ1n) is 8.56. The Morgan fingerprint density at radius 2 is 1.50 bits per heavy atom. The van der Waals surface area contributed by atoms with Crippen molar-refractivity contribution in [3.05, 3.63) is 60.7 Å². The average molecular weight is 373 g/mol. The third kappa shape index (κ3) is 4.65. The molecule has 0 aliphatic heterocycles. The number of benzene rings is 2. The third-order valence-electron chi connectivity index (χ3n) is 4.45. The summed E-state index contributed by atoms with van der Waals surface area (Å²) in [4.78, 5) is -0.305. The molecule has 0 unspecified atom stereocenters. The molecule has 0 N–H and O–H groups in total. The van der Waals surface area contributed by atoms with Crippen molar-refractivity contribution in [2.75, 3.05) is 0 Å². The molecule has 0 spiro atoms. The van der Waals surface area contributed by atoms with Crippen molar-refractivity contribution in [3.8, 4) is 11.5 Å². The fourth-order valence-electron chi connectivity index (χ4n) is 3.08. The van der Waals surface area contributed by atoms with Crippen molar-refractivity contribution in [1.29, 1.82) is 0 Å². The first-order valence-corrected chi connectivity index (χ1v) is 9.97. The molecule has 2 aromatic rings. The molecule has 0 saturated heterocycles. The fourth-order valence-corrected chi connectivity index (χ4v) is 3.68. The van der Waals surface area contributed by atoms with E-state index in [0.717, 1.165) is 37.0 Å². The molecular formula is C20H21O5S-. The van der Waals surface area contributed by atoms with E-state index >= 15 is 0 Å². The van der Waals surface area contributed by atoms with E-state index in [1.54, 1.807) is 12.1 Å². The van der Waals surface area contributed by atoms with Crippen LogP contribution in [0.2, 0.25) is 0 Å². The Morgan fingerprint density at radius 3 is 2.08 bits per heavy atom. The lowest BCUT2D eigenvalue weighted by Crippen LogP contribution is -2.30. The molecule has 0 amide bonds. The fraction of sp³-hybridized carbons (Fsp3) is 0.300. The Hall–Kier alpha value is -2.31. The van der Waals surface area contributed by atoms with Crippen LogP contribution in [0.1, 0.15) is 31.2 Å². The van der Waals surface area contributed by atoms with Gasteiger partial charge in [-0.15, -0.1) is 0 Å². The van der Waals surface area contributed by atoms with Crippen LogP contribution in [0.15, 0.2) is 60.0 Å². The normalized spacial score (nSPS) is 20.3. The van der Waals surface area contributed by atoms with Crippen molar-refractivity contribution in [3.63, 3.8) is 0 Å². The van der Waals surface area contributed by atoms with E-state index in [0.29, 0.717) is 0 Å². The number of hydrogen-bond acceptors (Lipinski definition) is 5. The number of hydrogen-bond donors (Lipinski definition) is 0. The summed E-state index contributed by atoms with van der Waals surface area (Å²) in [5, 5.41) is 0. The van der Waals surface area contributed by atoms with Crippen LogP contribution in [-0.2, 0) is 10.1 Å². The van der Waals surface area contributed by atoms with Gasteiger partial charge in [0.05, 0.1) is 17.1 Å². The van der Waals surface area contributed by atoms with E-state index in [-0.39, 0.29) is 22.9 Å². The second-order valence-electron chi connectivity index (χ2n) is 6.31. The van der Waals surface area contributed by atoms with Gasteiger partial charge in [0.2, 0.25) is 0 Å². The minimum absolute atomic E-state index is 0.0999. The maximum absolute atomic E-state index is 11.3. The smallest absolute Gasteiger partial charge is 0.137 e. The summed E-state index contributed by atoms with van der Waals surface area (Å²) < 4.78 is 45.8. The Morgan fingerprint density at radius 1 is 0.923 bits per heavy atom. The lowest BCUT2D eigenvalue weighted by molar-refractivity contribution is 0.0788. The minimum atomic E-state index is -4.55. The Balaban J connectivity index is 1.56. The topological polar surface area (TPSA) is 75.7 Å². The van der Waals surface area contributed by atoms with Gasteiger partial charge < -0.3 is 14.0 Å². The maximum Gasteiger partial charge on any atom is 0.137 e. The zero-order valence-electron chi connectivity index (χ0n) is 14.3. The lowest BCUT2D eigenvalue weighted by Gasteiger charge is -2.30. The van der Waals surface area contributed by atoms with Gasteiger partial charge >= 0.3 is 0 Å². The summed E-state index contributed by atoms with van der Waals surface area (Å²) >= 11 is 0. The van der Waals surface area contributed by atoms with Crippen molar-refractivity contribution >= 4 is 16.2 Å². The second kappa shape index (κ2) is 7.93. The van der Waals surface area contributed by atoms with Gasteiger partial charge in [-0.3, -0.25) is 0 Å². The summed E-state index contributed by atoms with van der Waals surface area (Å²) in [6.45, 7) is 3.73. The molecule has 26 heavy (non-hydrogen) atoms. The van der Waals surface area contributed by atoms with Gasteiger partial charge in [0.1, 0.15) is 21.6 Å². The maximum atomic E-state index is 11.3. The third-order valence-corrected chi connectivity index (χ3v) is 5.33. The van der Waals surface area contributed by atoms with E-state index in [2.05, 4.69) is 6.58 Å². The summed E-state index contributed by atoms with van der Waals surface area (Å²) in [6, 6.07) is 13.7. The zero-order valence-corrected chi connectivity index (χ0v) is 15.2. The van der Waals surface area contributed by atoms with Crippen LogP contribution in [0.3, 0.4) is 0 Å². The average Bonchev–Trinajstić information content (AvgIpc) is 2.63. The van der Waals surface area contributed by atoms with E-state index in [4.69, 9.17) is 9.47 Å². The molecule has 1 aliphatic carbocycles. The highest BCUT2D eigenvalue weighted by Gasteiger charge is 2.24. The van der Waals surface area contributed by atoms with Crippen molar-refractivity contribution in [1.82, 2.24) is 0 Å². The van der Waals surface area contributed by atoms with E-state index in [1.165, 1.54) is 18.2 Å². The summed E-state index contributed by atoms with van der Waals surface area (Å²) in [6.07, 6.45) is 4.85. The predicted octanol–water partition coefficient (Wildman–Crippen LogP) is 4.00. The lowest BCUT2D eigenvalue weighted by atomic mass is 9.95. The number of ether oxygens (including phenoxy) is 2. The van der Waals surface area contributed by atoms with Gasteiger partial charge in [-0.05, 0) is 55.5 Å². The monoisotopic (exact) mass is 373 g/mol. The van der Waals surface area contributed by atoms with Gasteiger partial charge in [0.25, 0.3) is 0 Å². The Kier molecular flexibility index (Phi) is 5.64. The highest BCUT2D eigenvalue weighted by atomic mass is 32.2. The van der Waals surface area contributed by atoms with Crippen LogP contribution in [0.4, 0.5) is 0 Å². The Bertz CT molecular complexity index is 850. The first-order chi connectivity index (χ1) is 12.5. The van der Waals surface area contributed by atoms with Gasteiger partial charge in [-0.1, -0.05) is 36.9 Å². The van der Waals surface area contributed by atoms with Gasteiger partial charge in [0, 0.05) is 0 Å². The molecule has 1 fully saturated rings. The molecule has 1 aliphatic rings. The zero-order chi connectivity index (χ0) is 18.6. The molecule has 0 atom stereocenters. The quantitative estimate of drug-likeness (QED) is 0.715. The van der Waals surface area contributed by atoms with Crippen LogP contribution < -0.4 is 9.47 Å². The van der Waals surface area contributed by atoms with Crippen molar-refractivity contribution in [2.45, 2.75) is 42.8 Å². The van der Waals surface area contributed by atoms with Gasteiger partial charge in [-0.2, -0.15) is 0 Å². The molecule has 3 rings (SSSR count). The van der Waals surface area contributed by atoms with E-state index in [9.17, 15) is 13.0 Å². The summed E-state index contributed by atoms with van der Waals surface area (Å²) in [5.74, 6) is 0.953. The largest absolute Gasteiger partial charge is 0.744 e. The Labute approximate surface area is 154 Å². The summed E-state index contributed by atoms with van der Waals surface area (Å²) in [5.41, 5.74) is 1.04. The van der Waals surface area contributed by atoms with E-state index < -0.39 is 10.1 Å². The minimum Gasteiger partial charge on any atom is -0.744 e. The number of rotatable bonds is 6. The predicted molar refractivity (Wildman–Crippen MR) is 98.2 cm³/mol. The molecule has 138 valence electrons. The summed E-state index contributed by atoms with van der Waals surface area (Å²) in [7, 11) is -4.55. The molecule has 0 radical (unpaired) electrons. The van der Waals surface area contributed by atoms with Crippen LogP contribution in [0, 0.1) is 0 Å². The second-order valence-corrected chi connectivity index (χ2v) is 7.66. The molecule has 1 saturated carbocycles. The van der Waals surface area contributed by atoms with Crippen molar-refractivity contribution in [2.24, 2.45) is 0 Å². The molecule has 2 aromatic carbocycles. The molecule has 0 heterocycles.